The van der Waals surface area contributed by atoms with Gasteiger partial charge in [0.1, 0.15) is 0 Å². The molecule has 1 aromatic heterocycles. The Morgan fingerprint density at radius 2 is 1.96 bits per heavy atom. The van der Waals surface area contributed by atoms with Crippen molar-refractivity contribution >= 4 is 5.91 Å². The Labute approximate surface area is 169 Å². The topological polar surface area (TPSA) is 50.2 Å². The number of hydrogen-bond acceptors (Lipinski definition) is 3. The lowest BCUT2D eigenvalue weighted by Gasteiger charge is -2.32. The van der Waals surface area contributed by atoms with Gasteiger partial charge in [0.2, 0.25) is 5.91 Å². The van der Waals surface area contributed by atoms with Gasteiger partial charge in [0.15, 0.2) is 0 Å². The van der Waals surface area contributed by atoms with Crippen LogP contribution in [0.3, 0.4) is 0 Å². The molecule has 1 fully saturated rings. The highest BCUT2D eigenvalue weighted by Crippen LogP contribution is 2.20. The average Bonchev–Trinajstić information content (AvgIpc) is 2.95. The second-order valence-electron chi connectivity index (χ2n) is 8.20. The number of rotatable bonds is 7. The van der Waals surface area contributed by atoms with E-state index in [0.717, 1.165) is 44.7 Å². The van der Waals surface area contributed by atoms with Crippen LogP contribution in [-0.4, -0.2) is 47.3 Å². The first kappa shape index (κ1) is 20.6. The molecule has 2 heterocycles. The third kappa shape index (κ3) is 5.02. The fourth-order valence-corrected chi connectivity index (χ4v) is 4.25. The van der Waals surface area contributed by atoms with Gasteiger partial charge >= 0.3 is 0 Å². The number of nitrogens with zero attached hydrogens (tertiary/aromatic N) is 3. The van der Waals surface area contributed by atoms with Gasteiger partial charge in [0.25, 0.3) is 0 Å². The molecule has 0 saturated carbocycles. The van der Waals surface area contributed by atoms with Crippen LogP contribution in [0.25, 0.3) is 0 Å². The normalized spacial score (nSPS) is 17.1. The van der Waals surface area contributed by atoms with Crippen molar-refractivity contribution in [2.24, 2.45) is 5.92 Å². The summed E-state index contributed by atoms with van der Waals surface area (Å²) < 4.78 is 2.07. The van der Waals surface area contributed by atoms with Crippen LogP contribution < -0.4 is 5.32 Å². The molecule has 3 rings (SSSR count). The summed E-state index contributed by atoms with van der Waals surface area (Å²) in [6.07, 6.45) is 3.68. The summed E-state index contributed by atoms with van der Waals surface area (Å²) in [5, 5.41) is 7.98. The molecule has 1 unspecified atom stereocenters. The maximum atomic E-state index is 12.8. The summed E-state index contributed by atoms with van der Waals surface area (Å²) in [5.74, 6) is 0.870. The van der Waals surface area contributed by atoms with E-state index >= 15 is 0 Å². The molecule has 5 heteroatoms. The summed E-state index contributed by atoms with van der Waals surface area (Å²) >= 11 is 0. The first-order chi connectivity index (χ1) is 13.5. The summed E-state index contributed by atoms with van der Waals surface area (Å²) in [4.78, 5) is 14.8. The van der Waals surface area contributed by atoms with Crippen molar-refractivity contribution in [1.82, 2.24) is 20.0 Å². The SMILES string of the molecule is CNCC1CCCN(C(=O)CCc2c(C)nn(Cc3ccc(C)cc3)c2C)C1. The molecule has 1 amide bonds. The average molecular weight is 383 g/mol. The van der Waals surface area contributed by atoms with Crippen LogP contribution in [0.15, 0.2) is 24.3 Å². The van der Waals surface area contributed by atoms with Crippen molar-refractivity contribution in [1.29, 1.82) is 0 Å². The van der Waals surface area contributed by atoms with Gasteiger partial charge in [0, 0.05) is 25.2 Å². The Morgan fingerprint density at radius 3 is 2.68 bits per heavy atom. The van der Waals surface area contributed by atoms with Gasteiger partial charge in [0.05, 0.1) is 12.2 Å². The summed E-state index contributed by atoms with van der Waals surface area (Å²) in [6.45, 7) is 9.85. The molecule has 0 bridgehead atoms. The molecule has 152 valence electrons. The van der Waals surface area contributed by atoms with Crippen molar-refractivity contribution in [3.05, 3.63) is 52.3 Å². The molecule has 1 saturated heterocycles. The maximum Gasteiger partial charge on any atom is 0.222 e. The summed E-state index contributed by atoms with van der Waals surface area (Å²) in [5.41, 5.74) is 5.97. The predicted molar refractivity (Wildman–Crippen MR) is 114 cm³/mol. The smallest absolute Gasteiger partial charge is 0.222 e. The Morgan fingerprint density at radius 1 is 1.21 bits per heavy atom. The van der Waals surface area contributed by atoms with E-state index in [0.29, 0.717) is 12.3 Å². The Hall–Kier alpha value is -2.14. The van der Waals surface area contributed by atoms with Gasteiger partial charge in [-0.2, -0.15) is 5.10 Å². The van der Waals surface area contributed by atoms with Crippen LogP contribution in [-0.2, 0) is 17.8 Å². The van der Waals surface area contributed by atoms with Crippen LogP contribution in [0.4, 0.5) is 0 Å². The minimum absolute atomic E-state index is 0.283. The highest BCUT2D eigenvalue weighted by Gasteiger charge is 2.23. The number of amides is 1. The lowest BCUT2D eigenvalue weighted by atomic mass is 9.97. The van der Waals surface area contributed by atoms with Crippen molar-refractivity contribution in [2.75, 3.05) is 26.7 Å². The molecule has 5 nitrogen and oxygen atoms in total. The first-order valence-electron chi connectivity index (χ1n) is 10.5. The number of aromatic nitrogens is 2. The second-order valence-corrected chi connectivity index (χ2v) is 8.20. The minimum atomic E-state index is 0.283. The van der Waals surface area contributed by atoms with Crippen LogP contribution in [0.5, 0.6) is 0 Å². The third-order valence-corrected chi connectivity index (χ3v) is 5.94. The third-order valence-electron chi connectivity index (χ3n) is 5.94. The number of likely N-dealkylation sites (tertiary alicyclic amines) is 1. The van der Waals surface area contributed by atoms with Gasteiger partial charge in [-0.05, 0) is 70.7 Å². The zero-order valence-electron chi connectivity index (χ0n) is 17.8. The number of carbonyl (C=O) groups excluding carboxylic acids is 1. The Balaban J connectivity index is 1.60. The molecule has 28 heavy (non-hydrogen) atoms. The number of hydrogen-bond donors (Lipinski definition) is 1. The zero-order chi connectivity index (χ0) is 20.1. The molecule has 1 aromatic carbocycles. The van der Waals surface area contributed by atoms with Gasteiger partial charge in [-0.25, -0.2) is 0 Å². The van der Waals surface area contributed by atoms with Crippen LogP contribution in [0.2, 0.25) is 0 Å². The van der Waals surface area contributed by atoms with Crippen molar-refractivity contribution in [2.45, 2.75) is 53.0 Å². The number of benzene rings is 1. The van der Waals surface area contributed by atoms with Gasteiger partial charge in [-0.1, -0.05) is 29.8 Å². The minimum Gasteiger partial charge on any atom is -0.342 e. The monoisotopic (exact) mass is 382 g/mol. The first-order valence-corrected chi connectivity index (χ1v) is 10.5. The lowest BCUT2D eigenvalue weighted by molar-refractivity contribution is -0.132. The molecule has 1 aliphatic heterocycles. The van der Waals surface area contributed by atoms with Crippen LogP contribution in [0.1, 0.15) is 47.3 Å². The van der Waals surface area contributed by atoms with Gasteiger partial charge in [-0.15, -0.1) is 0 Å². The van der Waals surface area contributed by atoms with Gasteiger partial charge < -0.3 is 10.2 Å². The number of nitrogens with one attached hydrogen (secondary N) is 1. The molecule has 1 aliphatic rings. The molecule has 0 spiro atoms. The van der Waals surface area contributed by atoms with Gasteiger partial charge in [-0.3, -0.25) is 9.48 Å². The van der Waals surface area contributed by atoms with Crippen LogP contribution >= 0.6 is 0 Å². The van der Waals surface area contributed by atoms with E-state index in [9.17, 15) is 4.79 Å². The van der Waals surface area contributed by atoms with Crippen molar-refractivity contribution in [3.63, 3.8) is 0 Å². The fourth-order valence-electron chi connectivity index (χ4n) is 4.25. The fraction of sp³-hybridized carbons (Fsp3) is 0.565. The van der Waals surface area contributed by atoms with E-state index in [1.54, 1.807) is 0 Å². The molecule has 1 atom stereocenters. The van der Waals surface area contributed by atoms with Crippen molar-refractivity contribution < 1.29 is 4.79 Å². The molecule has 2 aromatic rings. The highest BCUT2D eigenvalue weighted by molar-refractivity contribution is 5.76. The van der Waals surface area contributed by atoms with E-state index in [1.807, 2.05) is 7.05 Å². The van der Waals surface area contributed by atoms with Crippen LogP contribution in [0, 0.1) is 26.7 Å². The zero-order valence-corrected chi connectivity index (χ0v) is 17.8. The van der Waals surface area contributed by atoms with E-state index in [1.165, 1.54) is 28.8 Å². The Kier molecular flexibility index (Phi) is 6.89. The predicted octanol–water partition coefficient (Wildman–Crippen LogP) is 3.25. The molecular weight excluding hydrogens is 348 g/mol. The lowest BCUT2D eigenvalue weighted by Crippen LogP contribution is -2.42. The summed E-state index contributed by atoms with van der Waals surface area (Å²) in [7, 11) is 1.99. The van der Waals surface area contributed by atoms with E-state index in [4.69, 9.17) is 5.10 Å². The Bertz CT molecular complexity index is 792. The summed E-state index contributed by atoms with van der Waals surface area (Å²) in [6, 6.07) is 8.60. The largest absolute Gasteiger partial charge is 0.342 e. The number of piperidine rings is 1. The molecular formula is C23H34N4O. The van der Waals surface area contributed by atoms with E-state index in [-0.39, 0.29) is 5.91 Å². The molecule has 0 radical (unpaired) electrons. The standard InChI is InChI=1S/C23H34N4O/c1-17-7-9-20(10-8-17)16-27-19(3)22(18(2)25-27)11-12-23(28)26-13-5-6-21(15-26)14-24-4/h7-10,21,24H,5-6,11-16H2,1-4H3. The highest BCUT2D eigenvalue weighted by atomic mass is 16.2. The quantitative estimate of drug-likeness (QED) is 0.800. The molecule has 0 aliphatic carbocycles. The number of carbonyl (C=O) groups is 1. The molecule has 1 N–H and O–H groups in total. The van der Waals surface area contributed by atoms with Crippen molar-refractivity contribution in [3.8, 4) is 0 Å². The van der Waals surface area contributed by atoms with E-state index < -0.39 is 0 Å². The maximum absolute atomic E-state index is 12.8. The second kappa shape index (κ2) is 9.37. The van der Waals surface area contributed by atoms with E-state index in [2.05, 4.69) is 59.9 Å². The number of aryl methyl sites for hydroxylation is 2.